The third-order valence-electron chi connectivity index (χ3n) is 2.28. The lowest BCUT2D eigenvalue weighted by Crippen LogP contribution is -2.00. The first-order valence-corrected chi connectivity index (χ1v) is 5.25. The van der Waals surface area contributed by atoms with Gasteiger partial charge in [0.1, 0.15) is 11.3 Å². The molecule has 0 atom stereocenters. The molecule has 0 amide bonds. The van der Waals surface area contributed by atoms with E-state index in [0.29, 0.717) is 16.8 Å². The molecule has 0 bridgehead atoms. The van der Waals surface area contributed by atoms with Gasteiger partial charge in [-0.05, 0) is 22.0 Å². The summed E-state index contributed by atoms with van der Waals surface area (Å²) in [6.45, 7) is 0. The molecule has 6 heteroatoms. The molecule has 1 aromatic heterocycles. The van der Waals surface area contributed by atoms with Gasteiger partial charge in [-0.3, -0.25) is 4.98 Å². The second-order valence-electron chi connectivity index (χ2n) is 3.22. The van der Waals surface area contributed by atoms with E-state index in [1.165, 1.54) is 12.3 Å². The van der Waals surface area contributed by atoms with Crippen molar-refractivity contribution in [3.63, 3.8) is 0 Å². The smallest absolute Gasteiger partial charge is 0.166 e. The van der Waals surface area contributed by atoms with Crippen LogP contribution >= 0.6 is 15.9 Å². The molecule has 0 spiro atoms. The van der Waals surface area contributed by atoms with Gasteiger partial charge in [0.25, 0.3) is 0 Å². The molecule has 0 aliphatic heterocycles. The fourth-order valence-electron chi connectivity index (χ4n) is 1.54. The second kappa shape index (κ2) is 3.86. The zero-order chi connectivity index (χ0) is 11.9. The predicted octanol–water partition coefficient (Wildman–Crippen LogP) is 2.90. The minimum atomic E-state index is -0.730. The molecule has 0 saturated heterocycles. The monoisotopic (exact) mass is 287 g/mol. The van der Waals surface area contributed by atoms with Crippen LogP contribution in [0.3, 0.4) is 0 Å². The minimum absolute atomic E-state index is 0.0758. The number of hydrogen-bond donors (Lipinski definition) is 2. The van der Waals surface area contributed by atoms with Crippen molar-refractivity contribution in [1.82, 2.24) is 4.98 Å². The van der Waals surface area contributed by atoms with Gasteiger partial charge in [0.2, 0.25) is 0 Å². The number of nitrogen functional groups attached to an aromatic ring is 1. The van der Waals surface area contributed by atoms with E-state index in [-0.39, 0.29) is 9.99 Å². The molecule has 0 saturated carbocycles. The SMILES string of the molecule is CNc1c(N)cnc2c(F)c(Br)c(F)cc12. The molecule has 0 unspecified atom stereocenters. The maximum absolute atomic E-state index is 13.7. The highest BCUT2D eigenvalue weighted by atomic mass is 79.9. The second-order valence-corrected chi connectivity index (χ2v) is 4.01. The van der Waals surface area contributed by atoms with Gasteiger partial charge in [0, 0.05) is 12.4 Å². The van der Waals surface area contributed by atoms with Crippen molar-refractivity contribution in [3.8, 4) is 0 Å². The van der Waals surface area contributed by atoms with Crippen LogP contribution in [0.2, 0.25) is 0 Å². The van der Waals surface area contributed by atoms with Crippen molar-refractivity contribution in [2.75, 3.05) is 18.1 Å². The van der Waals surface area contributed by atoms with Gasteiger partial charge in [-0.1, -0.05) is 0 Å². The molecule has 3 N–H and O–H groups in total. The molecular formula is C10H8BrF2N3. The maximum atomic E-state index is 13.7. The van der Waals surface area contributed by atoms with Crippen LogP contribution in [-0.4, -0.2) is 12.0 Å². The summed E-state index contributed by atoms with van der Waals surface area (Å²) in [5.41, 5.74) is 6.54. The summed E-state index contributed by atoms with van der Waals surface area (Å²) in [4.78, 5) is 3.85. The summed E-state index contributed by atoms with van der Waals surface area (Å²) < 4.78 is 26.8. The first-order chi connectivity index (χ1) is 7.56. The maximum Gasteiger partial charge on any atom is 0.166 e. The Hall–Kier alpha value is -1.43. The average molecular weight is 288 g/mol. The number of anilines is 2. The Labute approximate surface area is 98.8 Å². The highest BCUT2D eigenvalue weighted by Gasteiger charge is 2.15. The van der Waals surface area contributed by atoms with Crippen LogP contribution in [0.1, 0.15) is 0 Å². The summed E-state index contributed by atoms with van der Waals surface area (Å²) in [5, 5.41) is 3.12. The van der Waals surface area contributed by atoms with Gasteiger partial charge in [0.15, 0.2) is 5.82 Å². The molecule has 16 heavy (non-hydrogen) atoms. The van der Waals surface area contributed by atoms with E-state index in [0.717, 1.165) is 0 Å². The van der Waals surface area contributed by atoms with E-state index in [2.05, 4.69) is 26.2 Å². The van der Waals surface area contributed by atoms with Crippen LogP contribution in [0, 0.1) is 11.6 Å². The minimum Gasteiger partial charge on any atom is -0.396 e. The Morgan fingerprint density at radius 3 is 2.75 bits per heavy atom. The van der Waals surface area contributed by atoms with Crippen molar-refractivity contribution in [2.45, 2.75) is 0 Å². The van der Waals surface area contributed by atoms with Gasteiger partial charge >= 0.3 is 0 Å². The lowest BCUT2D eigenvalue weighted by Gasteiger charge is -2.10. The van der Waals surface area contributed by atoms with Crippen LogP contribution in [-0.2, 0) is 0 Å². The molecule has 2 rings (SSSR count). The molecule has 3 nitrogen and oxygen atoms in total. The molecule has 0 fully saturated rings. The van der Waals surface area contributed by atoms with Crippen molar-refractivity contribution >= 4 is 38.2 Å². The number of halogens is 3. The van der Waals surface area contributed by atoms with Gasteiger partial charge in [-0.2, -0.15) is 0 Å². The number of nitrogens with one attached hydrogen (secondary N) is 1. The number of aromatic nitrogens is 1. The van der Waals surface area contributed by atoms with E-state index in [1.54, 1.807) is 7.05 Å². The first-order valence-electron chi connectivity index (χ1n) is 4.45. The molecule has 1 heterocycles. The Kier molecular flexibility index (Phi) is 2.67. The standard InChI is InChI=1S/C10H8BrF2N3/c1-15-9-4-2-5(12)7(11)8(13)10(4)16-3-6(9)14/h2-3H,14H2,1H3,(H,15,16). The van der Waals surface area contributed by atoms with Crippen molar-refractivity contribution < 1.29 is 8.78 Å². The number of fused-ring (bicyclic) bond motifs is 1. The van der Waals surface area contributed by atoms with Crippen LogP contribution in [0.4, 0.5) is 20.2 Å². The zero-order valence-electron chi connectivity index (χ0n) is 8.31. The third kappa shape index (κ3) is 1.49. The van der Waals surface area contributed by atoms with Crippen LogP contribution < -0.4 is 11.1 Å². The Morgan fingerprint density at radius 1 is 1.44 bits per heavy atom. The van der Waals surface area contributed by atoms with E-state index >= 15 is 0 Å². The lowest BCUT2D eigenvalue weighted by atomic mass is 10.1. The van der Waals surface area contributed by atoms with Crippen LogP contribution in [0.15, 0.2) is 16.7 Å². The zero-order valence-corrected chi connectivity index (χ0v) is 9.90. The van der Waals surface area contributed by atoms with Crippen molar-refractivity contribution in [1.29, 1.82) is 0 Å². The number of benzene rings is 1. The molecule has 1 aromatic carbocycles. The normalized spacial score (nSPS) is 10.8. The van der Waals surface area contributed by atoms with Gasteiger partial charge in [-0.25, -0.2) is 8.78 Å². The highest BCUT2D eigenvalue weighted by molar-refractivity contribution is 9.10. The summed E-state index contributed by atoms with van der Waals surface area (Å²) in [7, 11) is 1.63. The number of rotatable bonds is 1. The first kappa shape index (κ1) is 11.1. The van der Waals surface area contributed by atoms with Crippen molar-refractivity contribution in [2.24, 2.45) is 0 Å². The number of nitrogens with two attached hydrogens (primary N) is 1. The van der Waals surface area contributed by atoms with E-state index in [4.69, 9.17) is 5.73 Å². The quantitative estimate of drug-likeness (QED) is 0.793. The van der Waals surface area contributed by atoms with E-state index < -0.39 is 11.6 Å². The summed E-state index contributed by atoms with van der Waals surface area (Å²) in [5.74, 6) is -1.42. The van der Waals surface area contributed by atoms with Gasteiger partial charge < -0.3 is 11.1 Å². The summed E-state index contributed by atoms with van der Waals surface area (Å²) in [6.07, 6.45) is 1.33. The van der Waals surface area contributed by atoms with Crippen LogP contribution in [0.25, 0.3) is 10.9 Å². The van der Waals surface area contributed by atoms with E-state index in [9.17, 15) is 8.78 Å². The fourth-order valence-corrected chi connectivity index (χ4v) is 1.84. The van der Waals surface area contributed by atoms with Crippen LogP contribution in [0.5, 0.6) is 0 Å². The van der Waals surface area contributed by atoms with Gasteiger partial charge in [-0.15, -0.1) is 0 Å². The predicted molar refractivity (Wildman–Crippen MR) is 63.3 cm³/mol. The molecule has 0 radical (unpaired) electrons. The number of hydrogen-bond acceptors (Lipinski definition) is 3. The average Bonchev–Trinajstić information content (AvgIpc) is 2.26. The highest BCUT2D eigenvalue weighted by Crippen LogP contribution is 2.33. The summed E-state index contributed by atoms with van der Waals surface area (Å²) in [6, 6.07) is 1.19. The molecule has 2 aromatic rings. The topological polar surface area (TPSA) is 50.9 Å². The fraction of sp³-hybridized carbons (Fsp3) is 0.100. The molecular weight excluding hydrogens is 280 g/mol. The Morgan fingerprint density at radius 2 is 2.12 bits per heavy atom. The van der Waals surface area contributed by atoms with Crippen molar-refractivity contribution in [3.05, 3.63) is 28.4 Å². The number of nitrogens with zero attached hydrogens (tertiary/aromatic N) is 1. The van der Waals surface area contributed by atoms with E-state index in [1.807, 2.05) is 0 Å². The largest absolute Gasteiger partial charge is 0.396 e. The lowest BCUT2D eigenvalue weighted by molar-refractivity contribution is 0.579. The molecule has 84 valence electrons. The number of pyridine rings is 1. The van der Waals surface area contributed by atoms with Gasteiger partial charge in [0.05, 0.1) is 22.0 Å². The summed E-state index contributed by atoms with van der Waals surface area (Å²) >= 11 is 2.82. The molecule has 0 aliphatic rings. The third-order valence-corrected chi connectivity index (χ3v) is 3.00. The Bertz CT molecular complexity index is 572. The Balaban J connectivity index is 2.95. The molecule has 0 aliphatic carbocycles.